The zero-order valence-corrected chi connectivity index (χ0v) is 13.2. The lowest BCUT2D eigenvalue weighted by atomic mass is 9.72. The maximum absolute atomic E-state index is 4.83. The molecule has 0 amide bonds. The van der Waals surface area contributed by atoms with Gasteiger partial charge in [-0.3, -0.25) is 0 Å². The molecule has 1 saturated carbocycles. The number of hydrogen-bond donors (Lipinski definition) is 1. The Labute approximate surface area is 115 Å². The standard InChI is InChI=1S/C15H26N2S/c1-10(2)13-7-6-8-15(9-13,16-5)14-17-11(3)12(4)18-14/h10,13,16H,6-9H2,1-5H3. The van der Waals surface area contributed by atoms with E-state index in [0.717, 1.165) is 11.8 Å². The Balaban J connectivity index is 2.29. The highest BCUT2D eigenvalue weighted by molar-refractivity contribution is 7.11. The summed E-state index contributed by atoms with van der Waals surface area (Å²) in [5, 5.41) is 4.92. The second-order valence-electron chi connectivity index (χ2n) is 6.09. The molecular formula is C15H26N2S. The molecule has 1 heterocycles. The van der Waals surface area contributed by atoms with Gasteiger partial charge in [0.2, 0.25) is 0 Å². The van der Waals surface area contributed by atoms with E-state index in [1.165, 1.54) is 41.3 Å². The van der Waals surface area contributed by atoms with Gasteiger partial charge in [0.15, 0.2) is 0 Å². The number of nitrogens with one attached hydrogen (secondary N) is 1. The first kappa shape index (κ1) is 14.0. The lowest BCUT2D eigenvalue weighted by molar-refractivity contribution is 0.155. The zero-order valence-electron chi connectivity index (χ0n) is 12.3. The number of aromatic nitrogens is 1. The van der Waals surface area contributed by atoms with Crippen molar-refractivity contribution in [3.8, 4) is 0 Å². The fraction of sp³-hybridized carbons (Fsp3) is 0.800. The van der Waals surface area contributed by atoms with E-state index in [1.807, 2.05) is 11.3 Å². The van der Waals surface area contributed by atoms with Crippen molar-refractivity contribution in [2.24, 2.45) is 11.8 Å². The van der Waals surface area contributed by atoms with E-state index in [-0.39, 0.29) is 5.54 Å². The summed E-state index contributed by atoms with van der Waals surface area (Å²) >= 11 is 1.88. The largest absolute Gasteiger partial charge is 0.308 e. The molecule has 3 heteroatoms. The third kappa shape index (κ3) is 2.48. The van der Waals surface area contributed by atoms with E-state index in [0.29, 0.717) is 0 Å². The fourth-order valence-electron chi connectivity index (χ4n) is 3.09. The van der Waals surface area contributed by atoms with Crippen molar-refractivity contribution < 1.29 is 0 Å². The predicted octanol–water partition coefficient (Wildman–Crippen LogP) is 4.02. The molecule has 0 bridgehead atoms. The Hall–Kier alpha value is -0.410. The van der Waals surface area contributed by atoms with Crippen molar-refractivity contribution >= 4 is 11.3 Å². The van der Waals surface area contributed by atoms with Gasteiger partial charge in [0, 0.05) is 4.88 Å². The summed E-state index contributed by atoms with van der Waals surface area (Å²) in [6.45, 7) is 9.02. The van der Waals surface area contributed by atoms with Crippen molar-refractivity contribution in [2.75, 3.05) is 7.05 Å². The maximum Gasteiger partial charge on any atom is 0.113 e. The van der Waals surface area contributed by atoms with E-state index >= 15 is 0 Å². The number of rotatable bonds is 3. The molecule has 0 aromatic carbocycles. The van der Waals surface area contributed by atoms with Gasteiger partial charge in [-0.05, 0) is 45.6 Å². The summed E-state index contributed by atoms with van der Waals surface area (Å²) in [5.41, 5.74) is 1.34. The monoisotopic (exact) mass is 266 g/mol. The van der Waals surface area contributed by atoms with Crippen LogP contribution in [0.1, 0.15) is 55.1 Å². The van der Waals surface area contributed by atoms with Gasteiger partial charge < -0.3 is 5.32 Å². The van der Waals surface area contributed by atoms with Crippen LogP contribution in [0.25, 0.3) is 0 Å². The van der Waals surface area contributed by atoms with Crippen LogP contribution in [0, 0.1) is 25.7 Å². The topological polar surface area (TPSA) is 24.9 Å². The summed E-state index contributed by atoms with van der Waals surface area (Å²) in [7, 11) is 2.11. The van der Waals surface area contributed by atoms with Gasteiger partial charge in [0.1, 0.15) is 5.01 Å². The van der Waals surface area contributed by atoms with Crippen LogP contribution in [0.5, 0.6) is 0 Å². The summed E-state index contributed by atoms with van der Waals surface area (Å²) in [6, 6.07) is 0. The molecule has 1 aliphatic carbocycles. The van der Waals surface area contributed by atoms with E-state index in [1.54, 1.807) is 0 Å². The summed E-state index contributed by atoms with van der Waals surface area (Å²) in [4.78, 5) is 6.19. The lowest BCUT2D eigenvalue weighted by Gasteiger charge is -2.41. The molecule has 0 radical (unpaired) electrons. The Morgan fingerprint density at radius 1 is 1.39 bits per heavy atom. The molecule has 1 N–H and O–H groups in total. The molecule has 2 atom stereocenters. The van der Waals surface area contributed by atoms with Crippen molar-refractivity contribution in [2.45, 2.75) is 58.9 Å². The van der Waals surface area contributed by atoms with Crippen LogP contribution in [-0.2, 0) is 5.54 Å². The Morgan fingerprint density at radius 3 is 2.61 bits per heavy atom. The molecule has 0 saturated heterocycles. The van der Waals surface area contributed by atoms with Gasteiger partial charge in [-0.25, -0.2) is 4.98 Å². The van der Waals surface area contributed by atoms with E-state index in [2.05, 4.69) is 40.1 Å². The normalized spacial score (nSPS) is 28.9. The van der Waals surface area contributed by atoms with Crippen LogP contribution in [-0.4, -0.2) is 12.0 Å². The average Bonchev–Trinajstić information content (AvgIpc) is 2.70. The SMILES string of the molecule is CNC1(c2nc(C)c(C)s2)CCCC(C(C)C)C1. The molecule has 1 fully saturated rings. The van der Waals surface area contributed by atoms with Gasteiger partial charge in [-0.15, -0.1) is 11.3 Å². The molecule has 2 nitrogen and oxygen atoms in total. The molecule has 18 heavy (non-hydrogen) atoms. The highest BCUT2D eigenvalue weighted by Gasteiger charge is 2.39. The fourth-order valence-corrected chi connectivity index (χ4v) is 4.24. The second kappa shape index (κ2) is 5.30. The van der Waals surface area contributed by atoms with Gasteiger partial charge in [-0.1, -0.05) is 26.7 Å². The molecule has 2 rings (SSSR count). The first-order valence-electron chi connectivity index (χ1n) is 7.12. The Bertz CT molecular complexity index is 391. The summed E-state index contributed by atoms with van der Waals surface area (Å²) in [6.07, 6.45) is 5.18. The van der Waals surface area contributed by atoms with Crippen LogP contribution in [0.4, 0.5) is 0 Å². The van der Waals surface area contributed by atoms with Crippen LogP contribution < -0.4 is 5.32 Å². The number of aryl methyl sites for hydroxylation is 2. The van der Waals surface area contributed by atoms with Gasteiger partial charge >= 0.3 is 0 Å². The predicted molar refractivity (Wildman–Crippen MR) is 79.1 cm³/mol. The Kier molecular flexibility index (Phi) is 4.12. The van der Waals surface area contributed by atoms with E-state index < -0.39 is 0 Å². The summed E-state index contributed by atoms with van der Waals surface area (Å²) in [5.74, 6) is 1.61. The van der Waals surface area contributed by atoms with Crippen LogP contribution in [0.2, 0.25) is 0 Å². The quantitative estimate of drug-likeness (QED) is 0.893. The van der Waals surface area contributed by atoms with Crippen molar-refractivity contribution in [3.05, 3.63) is 15.6 Å². The van der Waals surface area contributed by atoms with Crippen molar-refractivity contribution in [3.63, 3.8) is 0 Å². The average molecular weight is 266 g/mol. The minimum Gasteiger partial charge on any atom is -0.308 e. The molecule has 1 aliphatic rings. The summed E-state index contributed by atoms with van der Waals surface area (Å²) < 4.78 is 0. The molecule has 1 aromatic heterocycles. The van der Waals surface area contributed by atoms with Gasteiger partial charge in [0.05, 0.1) is 11.2 Å². The molecule has 102 valence electrons. The van der Waals surface area contributed by atoms with Crippen LogP contribution in [0.3, 0.4) is 0 Å². The third-order valence-electron chi connectivity index (χ3n) is 4.65. The molecule has 2 unspecified atom stereocenters. The third-order valence-corrected chi connectivity index (χ3v) is 5.93. The second-order valence-corrected chi connectivity index (χ2v) is 7.30. The molecule has 1 aromatic rings. The number of nitrogens with zero attached hydrogens (tertiary/aromatic N) is 1. The van der Waals surface area contributed by atoms with Crippen molar-refractivity contribution in [1.82, 2.24) is 10.3 Å². The van der Waals surface area contributed by atoms with E-state index in [4.69, 9.17) is 4.98 Å². The smallest absolute Gasteiger partial charge is 0.113 e. The minimum atomic E-state index is 0.136. The van der Waals surface area contributed by atoms with Crippen LogP contribution in [0.15, 0.2) is 0 Å². The lowest BCUT2D eigenvalue weighted by Crippen LogP contribution is -2.45. The molecule has 0 aliphatic heterocycles. The van der Waals surface area contributed by atoms with E-state index in [9.17, 15) is 0 Å². The Morgan fingerprint density at radius 2 is 2.11 bits per heavy atom. The van der Waals surface area contributed by atoms with Gasteiger partial charge in [0.25, 0.3) is 0 Å². The van der Waals surface area contributed by atoms with Gasteiger partial charge in [-0.2, -0.15) is 0 Å². The highest BCUT2D eigenvalue weighted by atomic mass is 32.1. The highest BCUT2D eigenvalue weighted by Crippen LogP contribution is 2.43. The number of thiazole rings is 1. The molecule has 0 spiro atoms. The molecular weight excluding hydrogens is 240 g/mol. The maximum atomic E-state index is 4.83. The van der Waals surface area contributed by atoms with Crippen molar-refractivity contribution in [1.29, 1.82) is 0 Å². The number of hydrogen-bond acceptors (Lipinski definition) is 3. The minimum absolute atomic E-state index is 0.136. The first-order valence-corrected chi connectivity index (χ1v) is 7.93. The first-order chi connectivity index (χ1) is 8.48. The van der Waals surface area contributed by atoms with Crippen LogP contribution >= 0.6 is 11.3 Å². The zero-order chi connectivity index (χ0) is 13.3.